The van der Waals surface area contributed by atoms with Gasteiger partial charge in [-0.05, 0) is 36.4 Å². The number of rotatable bonds is 7. The lowest BCUT2D eigenvalue weighted by Gasteiger charge is -2.09. The maximum Gasteiger partial charge on any atom is 0.203 e. The third-order valence-electron chi connectivity index (χ3n) is 5.12. The van der Waals surface area contributed by atoms with Gasteiger partial charge in [0.25, 0.3) is 0 Å². The van der Waals surface area contributed by atoms with E-state index in [1.54, 1.807) is 61.5 Å². The van der Waals surface area contributed by atoms with Crippen LogP contribution in [0.2, 0.25) is 0 Å². The predicted octanol–water partition coefficient (Wildman–Crippen LogP) is 5.35. The van der Waals surface area contributed by atoms with Crippen molar-refractivity contribution in [2.24, 2.45) is 0 Å². The van der Waals surface area contributed by atoms with Gasteiger partial charge in [0.05, 0.1) is 19.9 Å². The SMILES string of the molecule is COc1ccc(-c2nn(-c3ccccc3)cc2/C=C(\C#N)C(=O)c2ccccc2)cc1OC. The van der Waals surface area contributed by atoms with E-state index in [9.17, 15) is 10.1 Å². The Labute approximate surface area is 191 Å². The van der Waals surface area contributed by atoms with Gasteiger partial charge in [0.15, 0.2) is 11.5 Å². The topological polar surface area (TPSA) is 77.1 Å². The third kappa shape index (κ3) is 4.53. The molecule has 0 amide bonds. The number of hydrogen-bond donors (Lipinski definition) is 0. The lowest BCUT2D eigenvalue weighted by Crippen LogP contribution is -2.01. The second-order valence-corrected chi connectivity index (χ2v) is 7.15. The van der Waals surface area contributed by atoms with Crippen molar-refractivity contribution >= 4 is 11.9 Å². The number of carbonyl (C=O) groups is 1. The fourth-order valence-corrected chi connectivity index (χ4v) is 3.46. The molecule has 6 nitrogen and oxygen atoms in total. The molecule has 0 unspecified atom stereocenters. The summed E-state index contributed by atoms with van der Waals surface area (Å²) < 4.78 is 12.5. The lowest BCUT2D eigenvalue weighted by molar-refractivity contribution is 0.104. The first-order valence-corrected chi connectivity index (χ1v) is 10.2. The van der Waals surface area contributed by atoms with E-state index in [1.165, 1.54) is 0 Å². The summed E-state index contributed by atoms with van der Waals surface area (Å²) in [7, 11) is 3.14. The Kier molecular flexibility index (Phi) is 6.33. The molecule has 0 aliphatic carbocycles. The number of para-hydroxylation sites is 1. The van der Waals surface area contributed by atoms with Crippen molar-refractivity contribution < 1.29 is 14.3 Å². The largest absolute Gasteiger partial charge is 0.493 e. The van der Waals surface area contributed by atoms with Crippen molar-refractivity contribution in [2.75, 3.05) is 14.2 Å². The quantitative estimate of drug-likeness (QED) is 0.222. The smallest absolute Gasteiger partial charge is 0.203 e. The van der Waals surface area contributed by atoms with Crippen LogP contribution in [0.4, 0.5) is 0 Å². The van der Waals surface area contributed by atoms with E-state index >= 15 is 0 Å². The van der Waals surface area contributed by atoms with Gasteiger partial charge in [-0.2, -0.15) is 10.4 Å². The molecule has 0 N–H and O–H groups in total. The molecule has 0 saturated heterocycles. The van der Waals surface area contributed by atoms with Crippen molar-refractivity contribution in [3.05, 3.63) is 102 Å². The fourth-order valence-electron chi connectivity index (χ4n) is 3.46. The number of nitriles is 1. The van der Waals surface area contributed by atoms with Gasteiger partial charge < -0.3 is 9.47 Å². The summed E-state index contributed by atoms with van der Waals surface area (Å²) in [6.07, 6.45) is 3.38. The third-order valence-corrected chi connectivity index (χ3v) is 5.12. The highest BCUT2D eigenvalue weighted by Crippen LogP contribution is 2.34. The number of benzene rings is 3. The zero-order valence-corrected chi connectivity index (χ0v) is 18.2. The van der Waals surface area contributed by atoms with Crippen molar-refractivity contribution in [1.82, 2.24) is 9.78 Å². The predicted molar refractivity (Wildman–Crippen MR) is 126 cm³/mol. The molecule has 0 atom stereocenters. The summed E-state index contributed by atoms with van der Waals surface area (Å²) in [5.74, 6) is 0.807. The number of ketones is 1. The number of aromatic nitrogens is 2. The highest BCUT2D eigenvalue weighted by molar-refractivity contribution is 6.14. The molecule has 0 spiro atoms. The number of allylic oxidation sites excluding steroid dienone is 1. The van der Waals surface area contributed by atoms with Gasteiger partial charge >= 0.3 is 0 Å². The van der Waals surface area contributed by atoms with Crippen molar-refractivity contribution in [3.63, 3.8) is 0 Å². The monoisotopic (exact) mass is 435 g/mol. The van der Waals surface area contributed by atoms with E-state index < -0.39 is 0 Å². The molecule has 3 aromatic carbocycles. The number of hydrogen-bond acceptors (Lipinski definition) is 5. The normalized spacial score (nSPS) is 11.0. The second kappa shape index (κ2) is 9.67. The average molecular weight is 435 g/mol. The molecule has 1 heterocycles. The maximum atomic E-state index is 12.9. The van der Waals surface area contributed by atoms with Crippen LogP contribution in [0, 0.1) is 11.3 Å². The van der Waals surface area contributed by atoms with E-state index in [1.807, 2.05) is 54.6 Å². The molecule has 0 radical (unpaired) electrons. The van der Waals surface area contributed by atoms with E-state index in [-0.39, 0.29) is 11.4 Å². The number of ether oxygens (including phenoxy) is 2. The fraction of sp³-hybridized carbons (Fsp3) is 0.0741. The van der Waals surface area contributed by atoms with Crippen LogP contribution >= 0.6 is 0 Å². The van der Waals surface area contributed by atoms with Crippen LogP contribution in [0.5, 0.6) is 11.5 Å². The summed E-state index contributed by atoms with van der Waals surface area (Å²) in [5, 5.41) is 14.5. The van der Waals surface area contributed by atoms with Crippen LogP contribution in [-0.4, -0.2) is 29.8 Å². The van der Waals surface area contributed by atoms with Crippen molar-refractivity contribution in [3.8, 4) is 34.5 Å². The minimum atomic E-state index is -0.344. The molecule has 4 aromatic rings. The van der Waals surface area contributed by atoms with Crippen LogP contribution in [0.15, 0.2) is 90.6 Å². The Morgan fingerprint density at radius 1 is 0.939 bits per heavy atom. The van der Waals surface area contributed by atoms with Gasteiger partial charge in [0, 0.05) is 22.9 Å². The molecule has 0 fully saturated rings. The summed E-state index contributed by atoms with van der Waals surface area (Å²) >= 11 is 0. The summed E-state index contributed by atoms with van der Waals surface area (Å²) in [6, 6.07) is 25.9. The molecule has 6 heteroatoms. The standard InChI is InChI=1S/C27H21N3O3/c1-32-24-14-13-20(16-25(24)33-2)26-22(18-30(29-26)23-11-7-4-8-12-23)15-21(17-28)27(31)19-9-5-3-6-10-19/h3-16,18H,1-2H3/b21-15+. The molecule has 0 aliphatic heterocycles. The maximum absolute atomic E-state index is 12.9. The Hall–Kier alpha value is -4.63. The van der Waals surface area contributed by atoms with Crippen LogP contribution in [0.25, 0.3) is 23.0 Å². The zero-order chi connectivity index (χ0) is 23.2. The first-order valence-electron chi connectivity index (χ1n) is 10.2. The Balaban J connectivity index is 1.86. The van der Waals surface area contributed by atoms with E-state index in [0.29, 0.717) is 28.3 Å². The van der Waals surface area contributed by atoms with Crippen molar-refractivity contribution in [2.45, 2.75) is 0 Å². The van der Waals surface area contributed by atoms with Crippen LogP contribution in [0.1, 0.15) is 15.9 Å². The number of carbonyl (C=O) groups excluding carboxylic acids is 1. The lowest BCUT2D eigenvalue weighted by atomic mass is 10.0. The molecule has 0 saturated carbocycles. The minimum absolute atomic E-state index is 0.0236. The molecular weight excluding hydrogens is 414 g/mol. The summed E-state index contributed by atoms with van der Waals surface area (Å²) in [5.41, 5.74) is 3.33. The number of Topliss-reactive ketones (excluding diaryl/α,β-unsaturated/α-hetero) is 1. The molecule has 4 rings (SSSR count). The van der Waals surface area contributed by atoms with Crippen LogP contribution in [0.3, 0.4) is 0 Å². The van der Waals surface area contributed by atoms with Gasteiger partial charge in [-0.3, -0.25) is 4.79 Å². The Bertz CT molecular complexity index is 1350. The molecule has 33 heavy (non-hydrogen) atoms. The molecular formula is C27H21N3O3. The van der Waals surface area contributed by atoms with Gasteiger partial charge in [-0.25, -0.2) is 4.68 Å². The molecule has 0 aliphatic rings. The van der Waals surface area contributed by atoms with E-state index in [0.717, 1.165) is 11.3 Å². The van der Waals surface area contributed by atoms with Gasteiger partial charge in [-0.1, -0.05) is 48.5 Å². The zero-order valence-electron chi connectivity index (χ0n) is 18.2. The molecule has 1 aromatic heterocycles. The highest BCUT2D eigenvalue weighted by atomic mass is 16.5. The first kappa shape index (κ1) is 21.6. The highest BCUT2D eigenvalue weighted by Gasteiger charge is 2.17. The summed E-state index contributed by atoms with van der Waals surface area (Å²) in [4.78, 5) is 12.9. The van der Waals surface area contributed by atoms with Gasteiger partial charge in [-0.15, -0.1) is 0 Å². The molecule has 0 bridgehead atoms. The Morgan fingerprint density at radius 3 is 2.24 bits per heavy atom. The van der Waals surface area contributed by atoms with Gasteiger partial charge in [0.1, 0.15) is 17.3 Å². The van der Waals surface area contributed by atoms with Gasteiger partial charge in [0.2, 0.25) is 5.78 Å². The summed E-state index contributed by atoms with van der Waals surface area (Å²) in [6.45, 7) is 0. The number of nitrogens with zero attached hydrogens (tertiary/aromatic N) is 3. The van der Waals surface area contributed by atoms with Crippen molar-refractivity contribution in [1.29, 1.82) is 5.26 Å². The van der Waals surface area contributed by atoms with E-state index in [4.69, 9.17) is 14.6 Å². The van der Waals surface area contributed by atoms with E-state index in [2.05, 4.69) is 0 Å². The first-order chi connectivity index (χ1) is 16.1. The Morgan fingerprint density at radius 2 is 1.61 bits per heavy atom. The number of methoxy groups -OCH3 is 2. The second-order valence-electron chi connectivity index (χ2n) is 7.15. The van der Waals surface area contributed by atoms with Crippen LogP contribution < -0.4 is 9.47 Å². The van der Waals surface area contributed by atoms with Crippen LogP contribution in [-0.2, 0) is 0 Å². The average Bonchev–Trinajstić information content (AvgIpc) is 3.31. The molecule has 162 valence electrons. The minimum Gasteiger partial charge on any atom is -0.493 e.